The van der Waals surface area contributed by atoms with Gasteiger partial charge < -0.3 is 18.9 Å². The molecule has 2 aromatic carbocycles. The zero-order valence-corrected chi connectivity index (χ0v) is 13.5. The van der Waals surface area contributed by atoms with E-state index in [1.807, 2.05) is 24.3 Å². The normalized spacial score (nSPS) is 11.0. The molecular weight excluding hydrogens is 340 g/mol. The van der Waals surface area contributed by atoms with Crippen LogP contribution in [0.2, 0.25) is 0 Å². The molecule has 0 unspecified atom stereocenters. The van der Waals surface area contributed by atoms with Crippen LogP contribution in [-0.4, -0.2) is 17.9 Å². The van der Waals surface area contributed by atoms with Gasteiger partial charge in [-0.05, 0) is 18.2 Å². The molecule has 0 aliphatic rings. The molecule has 4 aromatic rings. The van der Waals surface area contributed by atoms with Gasteiger partial charge in [-0.2, -0.15) is 0 Å². The first-order valence-electron chi connectivity index (χ1n) is 7.61. The molecule has 2 aromatic heterocycles. The maximum absolute atomic E-state index is 12.3. The topological polar surface area (TPSA) is 108 Å². The molecule has 2 heterocycles. The van der Waals surface area contributed by atoms with Crippen LogP contribution in [0.5, 0.6) is 5.75 Å². The minimum Gasteiger partial charge on any atom is -0.495 e. The second kappa shape index (κ2) is 5.92. The number of nitro groups is 1. The number of carbonyl (C=O) groups excluding carboxylic acids is 1. The molecule has 0 bridgehead atoms. The molecule has 0 saturated carbocycles. The predicted octanol–water partition coefficient (Wildman–Crippen LogP) is 4.35. The number of ether oxygens (including phenoxy) is 1. The van der Waals surface area contributed by atoms with Crippen molar-refractivity contribution in [1.82, 2.24) is 0 Å². The van der Waals surface area contributed by atoms with E-state index in [0.29, 0.717) is 17.0 Å². The highest BCUT2D eigenvalue weighted by Crippen LogP contribution is 2.36. The van der Waals surface area contributed by atoms with E-state index < -0.39 is 16.7 Å². The second-order valence-corrected chi connectivity index (χ2v) is 5.50. The van der Waals surface area contributed by atoms with E-state index >= 15 is 0 Å². The van der Waals surface area contributed by atoms with Gasteiger partial charge in [0.2, 0.25) is 0 Å². The summed E-state index contributed by atoms with van der Waals surface area (Å²) in [6.45, 7) is 0. The van der Waals surface area contributed by atoms with Gasteiger partial charge in [0, 0.05) is 16.8 Å². The number of furan rings is 2. The first kappa shape index (κ1) is 15.7. The van der Waals surface area contributed by atoms with Crippen molar-refractivity contribution in [2.24, 2.45) is 0 Å². The minimum absolute atomic E-state index is 0.177. The van der Waals surface area contributed by atoms with Gasteiger partial charge in [-0.25, -0.2) is 0 Å². The molecule has 26 heavy (non-hydrogen) atoms. The summed E-state index contributed by atoms with van der Waals surface area (Å²) in [5, 5.41) is 15.1. The van der Waals surface area contributed by atoms with Gasteiger partial charge in [0.05, 0.1) is 18.9 Å². The molecule has 4 rings (SSSR count). The fraction of sp³-hybridized carbons (Fsp3) is 0.0556. The number of carbonyl (C=O) groups is 1. The van der Waals surface area contributed by atoms with Gasteiger partial charge in [0.25, 0.3) is 5.91 Å². The molecule has 1 amide bonds. The SMILES string of the molecule is COc1cc2c(cc1NC(=O)c1ccc([N+](=O)[O-])o1)oc1ccccc12. The van der Waals surface area contributed by atoms with Gasteiger partial charge in [-0.3, -0.25) is 14.9 Å². The highest BCUT2D eigenvalue weighted by molar-refractivity contribution is 6.09. The van der Waals surface area contributed by atoms with Gasteiger partial charge in [0.1, 0.15) is 21.8 Å². The lowest BCUT2D eigenvalue weighted by Gasteiger charge is -2.09. The standard InChI is InChI=1S/C18H12N2O6/c1-24-16-8-11-10-4-2-3-5-13(10)25-15(11)9-12(16)19-18(21)14-6-7-17(26-14)20(22)23/h2-9H,1H3,(H,19,21). The van der Waals surface area contributed by atoms with E-state index in [1.54, 1.807) is 12.1 Å². The van der Waals surface area contributed by atoms with Crippen LogP contribution in [0.25, 0.3) is 21.9 Å². The largest absolute Gasteiger partial charge is 0.495 e. The molecule has 0 aliphatic carbocycles. The van der Waals surface area contributed by atoms with Crippen molar-refractivity contribution in [3.8, 4) is 5.75 Å². The maximum atomic E-state index is 12.3. The smallest absolute Gasteiger partial charge is 0.433 e. The van der Waals surface area contributed by atoms with Crippen LogP contribution in [0.4, 0.5) is 11.6 Å². The third-order valence-corrected chi connectivity index (χ3v) is 3.94. The fourth-order valence-corrected chi connectivity index (χ4v) is 2.75. The molecule has 8 nitrogen and oxygen atoms in total. The highest BCUT2D eigenvalue weighted by atomic mass is 16.6. The highest BCUT2D eigenvalue weighted by Gasteiger charge is 2.19. The van der Waals surface area contributed by atoms with Crippen molar-refractivity contribution in [2.75, 3.05) is 12.4 Å². The van der Waals surface area contributed by atoms with Crippen molar-refractivity contribution in [2.45, 2.75) is 0 Å². The summed E-state index contributed by atoms with van der Waals surface area (Å²) in [6.07, 6.45) is 0. The molecule has 0 atom stereocenters. The monoisotopic (exact) mass is 352 g/mol. The summed E-state index contributed by atoms with van der Waals surface area (Å²) in [6, 6.07) is 13.3. The number of nitrogens with zero attached hydrogens (tertiary/aromatic N) is 1. The van der Waals surface area contributed by atoms with E-state index in [2.05, 4.69) is 5.32 Å². The lowest BCUT2D eigenvalue weighted by molar-refractivity contribution is -0.402. The van der Waals surface area contributed by atoms with Crippen LogP contribution in [0, 0.1) is 10.1 Å². The average molecular weight is 352 g/mol. The minimum atomic E-state index is -0.710. The Morgan fingerprint density at radius 3 is 2.62 bits per heavy atom. The number of hydrogen-bond donors (Lipinski definition) is 1. The number of rotatable bonds is 4. The lowest BCUT2D eigenvalue weighted by atomic mass is 10.1. The summed E-state index contributed by atoms with van der Waals surface area (Å²) in [7, 11) is 1.48. The van der Waals surface area contributed by atoms with Crippen LogP contribution in [0.3, 0.4) is 0 Å². The first-order chi connectivity index (χ1) is 12.6. The van der Waals surface area contributed by atoms with E-state index in [-0.39, 0.29) is 5.76 Å². The van der Waals surface area contributed by atoms with E-state index in [1.165, 1.54) is 13.2 Å². The molecule has 0 spiro atoms. The Kier molecular flexibility index (Phi) is 3.58. The quantitative estimate of drug-likeness (QED) is 0.432. The van der Waals surface area contributed by atoms with E-state index in [4.69, 9.17) is 13.6 Å². The lowest BCUT2D eigenvalue weighted by Crippen LogP contribution is -2.11. The van der Waals surface area contributed by atoms with Crippen molar-refractivity contribution >= 4 is 39.4 Å². The fourth-order valence-electron chi connectivity index (χ4n) is 2.75. The maximum Gasteiger partial charge on any atom is 0.433 e. The zero-order valence-electron chi connectivity index (χ0n) is 13.5. The van der Waals surface area contributed by atoms with E-state index in [0.717, 1.165) is 22.4 Å². The van der Waals surface area contributed by atoms with Crippen LogP contribution < -0.4 is 10.1 Å². The first-order valence-corrected chi connectivity index (χ1v) is 7.61. The third kappa shape index (κ3) is 2.53. The number of methoxy groups -OCH3 is 1. The third-order valence-electron chi connectivity index (χ3n) is 3.94. The molecule has 0 fully saturated rings. The van der Waals surface area contributed by atoms with Gasteiger partial charge in [-0.15, -0.1) is 0 Å². The van der Waals surface area contributed by atoms with Crippen molar-refractivity contribution in [1.29, 1.82) is 0 Å². The Morgan fingerprint density at radius 1 is 1.08 bits per heavy atom. The molecular formula is C18H12N2O6. The summed E-state index contributed by atoms with van der Waals surface area (Å²) in [5.41, 5.74) is 1.66. The molecule has 0 saturated heterocycles. The Bertz CT molecular complexity index is 1160. The van der Waals surface area contributed by atoms with Gasteiger partial charge in [0.15, 0.2) is 5.76 Å². The molecule has 0 radical (unpaired) electrons. The summed E-state index contributed by atoms with van der Waals surface area (Å²) < 4.78 is 16.1. The number of benzene rings is 2. The number of anilines is 1. The number of hydrogen-bond acceptors (Lipinski definition) is 6. The van der Waals surface area contributed by atoms with Gasteiger partial charge in [-0.1, -0.05) is 18.2 Å². The van der Waals surface area contributed by atoms with Crippen LogP contribution in [0.15, 0.2) is 57.4 Å². The summed E-state index contributed by atoms with van der Waals surface area (Å²) >= 11 is 0. The van der Waals surface area contributed by atoms with Gasteiger partial charge >= 0.3 is 5.88 Å². The second-order valence-electron chi connectivity index (χ2n) is 5.50. The predicted molar refractivity (Wildman–Crippen MR) is 93.6 cm³/mol. The Hall–Kier alpha value is -3.81. The van der Waals surface area contributed by atoms with E-state index in [9.17, 15) is 14.9 Å². The number of para-hydroxylation sites is 1. The number of amides is 1. The Morgan fingerprint density at radius 2 is 1.88 bits per heavy atom. The Labute approximate surface area is 146 Å². The summed E-state index contributed by atoms with van der Waals surface area (Å²) in [5.74, 6) is -0.886. The average Bonchev–Trinajstić information content (AvgIpc) is 3.25. The van der Waals surface area contributed by atoms with Crippen LogP contribution in [-0.2, 0) is 0 Å². The molecule has 1 N–H and O–H groups in total. The molecule has 0 aliphatic heterocycles. The van der Waals surface area contributed by atoms with Crippen molar-refractivity contribution in [3.63, 3.8) is 0 Å². The van der Waals surface area contributed by atoms with Crippen LogP contribution in [0.1, 0.15) is 10.6 Å². The number of fused-ring (bicyclic) bond motifs is 3. The Balaban J connectivity index is 1.73. The summed E-state index contributed by atoms with van der Waals surface area (Å²) in [4.78, 5) is 22.3. The van der Waals surface area contributed by atoms with Crippen LogP contribution >= 0.6 is 0 Å². The number of nitrogens with one attached hydrogen (secondary N) is 1. The zero-order chi connectivity index (χ0) is 18.3. The molecule has 8 heteroatoms. The van der Waals surface area contributed by atoms with Crippen molar-refractivity contribution in [3.05, 3.63) is 64.4 Å². The van der Waals surface area contributed by atoms with Crippen molar-refractivity contribution < 1.29 is 23.3 Å². The molecule has 130 valence electrons.